The van der Waals surface area contributed by atoms with Crippen molar-refractivity contribution in [1.82, 2.24) is 9.97 Å². The molecule has 0 atom stereocenters. The molecule has 0 bridgehead atoms. The summed E-state index contributed by atoms with van der Waals surface area (Å²) in [5, 5.41) is 10.3. The van der Waals surface area contributed by atoms with Gasteiger partial charge in [-0.3, -0.25) is 0 Å². The quantitative estimate of drug-likeness (QED) is 0.768. The van der Waals surface area contributed by atoms with E-state index in [0.29, 0.717) is 6.42 Å². The molecule has 2 N–H and O–H groups in total. The van der Waals surface area contributed by atoms with Crippen molar-refractivity contribution in [3.8, 4) is 0 Å². The van der Waals surface area contributed by atoms with Gasteiger partial charge in [0.05, 0.1) is 0 Å². The Kier molecular flexibility index (Phi) is 3.01. The van der Waals surface area contributed by atoms with Gasteiger partial charge in [-0.1, -0.05) is 31.2 Å². The Morgan fingerprint density at radius 2 is 2.00 bits per heavy atom. The predicted molar refractivity (Wildman–Crippen MR) is 88.9 cm³/mol. The molecule has 1 aliphatic rings. The molecule has 2 aromatic heterocycles. The molecule has 1 fully saturated rings. The summed E-state index contributed by atoms with van der Waals surface area (Å²) in [6, 6.07) is 13.5. The lowest BCUT2D eigenvalue weighted by Gasteiger charge is -2.11. The summed E-state index contributed by atoms with van der Waals surface area (Å²) >= 11 is 0. The van der Waals surface area contributed by atoms with Crippen molar-refractivity contribution in [1.29, 1.82) is 0 Å². The highest BCUT2D eigenvalue weighted by Gasteiger charge is 2.42. The van der Waals surface area contributed by atoms with Crippen LogP contribution in [-0.4, -0.2) is 21.0 Å². The van der Waals surface area contributed by atoms with Crippen LogP contribution in [0.15, 0.2) is 42.5 Å². The van der Waals surface area contributed by atoms with Crippen molar-refractivity contribution in [2.75, 3.05) is 0 Å². The number of pyridine rings is 1. The van der Waals surface area contributed by atoms with Gasteiger partial charge in [-0.2, -0.15) is 0 Å². The Balaban J connectivity index is 1.82. The largest absolute Gasteiger partial charge is 0.477 e. The van der Waals surface area contributed by atoms with E-state index in [-0.39, 0.29) is 11.1 Å². The number of carbonyl (C=O) groups is 1. The van der Waals surface area contributed by atoms with Crippen LogP contribution >= 0.6 is 0 Å². The molecule has 2 heterocycles. The fraction of sp³-hybridized carbons (Fsp3) is 0.263. The number of para-hydroxylation sites is 1. The van der Waals surface area contributed by atoms with Crippen LogP contribution in [0, 0.1) is 0 Å². The first-order valence-corrected chi connectivity index (χ1v) is 7.86. The van der Waals surface area contributed by atoms with Crippen LogP contribution in [0.25, 0.3) is 10.9 Å². The molecular formula is C19H18N2O2. The lowest BCUT2D eigenvalue weighted by molar-refractivity contribution is 0.0690. The summed E-state index contributed by atoms with van der Waals surface area (Å²) in [5.74, 6) is -0.986. The first kappa shape index (κ1) is 14.0. The summed E-state index contributed by atoms with van der Waals surface area (Å²) in [4.78, 5) is 19.0. The molecule has 3 aromatic rings. The Morgan fingerprint density at radius 3 is 2.74 bits per heavy atom. The van der Waals surface area contributed by atoms with Crippen molar-refractivity contribution < 1.29 is 9.90 Å². The zero-order chi connectivity index (χ0) is 16.0. The number of nitrogens with zero attached hydrogens (tertiary/aromatic N) is 1. The molecule has 0 amide bonds. The van der Waals surface area contributed by atoms with Gasteiger partial charge in [0.1, 0.15) is 5.69 Å². The first-order valence-electron chi connectivity index (χ1n) is 7.86. The molecule has 1 aromatic carbocycles. The predicted octanol–water partition coefficient (Wildman–Crippen LogP) is 3.90. The summed E-state index contributed by atoms with van der Waals surface area (Å²) in [6.45, 7) is 2.28. The molecular weight excluding hydrogens is 288 g/mol. The van der Waals surface area contributed by atoms with Crippen molar-refractivity contribution >= 4 is 16.9 Å². The molecule has 23 heavy (non-hydrogen) atoms. The molecule has 0 spiro atoms. The van der Waals surface area contributed by atoms with Gasteiger partial charge in [-0.05, 0) is 36.6 Å². The highest BCUT2D eigenvalue weighted by atomic mass is 16.4. The van der Waals surface area contributed by atoms with Crippen molar-refractivity contribution in [2.45, 2.75) is 31.6 Å². The van der Waals surface area contributed by atoms with Gasteiger partial charge in [0.25, 0.3) is 0 Å². The third-order valence-corrected chi connectivity index (χ3v) is 4.80. The Hall–Kier alpha value is -2.62. The summed E-state index contributed by atoms with van der Waals surface area (Å²) in [6.07, 6.45) is 3.03. The standard InChI is InChI=1S/C19H18N2O2/c1-19(9-10-19)17-14(13-6-2-3-7-15(13)21-17)11-12-5-4-8-16(20-12)18(22)23/h2-8,21H,9-11H2,1H3,(H,22,23). The Labute approximate surface area is 134 Å². The lowest BCUT2D eigenvalue weighted by atomic mass is 9.96. The van der Waals surface area contributed by atoms with Crippen molar-refractivity contribution in [3.05, 3.63) is 65.1 Å². The zero-order valence-electron chi connectivity index (χ0n) is 13.0. The second kappa shape index (κ2) is 4.95. The highest BCUT2D eigenvalue weighted by Crippen LogP contribution is 2.49. The molecule has 0 unspecified atom stereocenters. The fourth-order valence-corrected chi connectivity index (χ4v) is 3.21. The third-order valence-electron chi connectivity index (χ3n) is 4.80. The number of rotatable bonds is 4. The second-order valence-corrected chi connectivity index (χ2v) is 6.58. The maximum Gasteiger partial charge on any atom is 0.354 e. The number of hydrogen-bond donors (Lipinski definition) is 2. The monoisotopic (exact) mass is 306 g/mol. The molecule has 1 aliphatic carbocycles. The maximum atomic E-state index is 11.1. The molecule has 4 heteroatoms. The highest BCUT2D eigenvalue weighted by molar-refractivity contribution is 5.86. The number of aromatic carboxylic acids is 1. The third kappa shape index (κ3) is 2.40. The van der Waals surface area contributed by atoms with Gasteiger partial charge in [0.15, 0.2) is 0 Å². The van der Waals surface area contributed by atoms with E-state index in [1.54, 1.807) is 6.07 Å². The molecule has 116 valence electrons. The van der Waals surface area contributed by atoms with E-state index in [1.165, 1.54) is 35.6 Å². The number of benzene rings is 1. The van der Waals surface area contributed by atoms with Crippen LogP contribution in [0.1, 0.15) is 47.2 Å². The topological polar surface area (TPSA) is 66.0 Å². The Bertz CT molecular complexity index is 907. The molecule has 0 radical (unpaired) electrons. The fourth-order valence-electron chi connectivity index (χ4n) is 3.21. The van der Waals surface area contributed by atoms with Gasteiger partial charge in [-0.25, -0.2) is 9.78 Å². The van der Waals surface area contributed by atoms with Gasteiger partial charge in [0, 0.05) is 34.1 Å². The van der Waals surface area contributed by atoms with Crippen LogP contribution in [-0.2, 0) is 11.8 Å². The average Bonchev–Trinajstić information content (AvgIpc) is 3.19. The van der Waals surface area contributed by atoms with Gasteiger partial charge < -0.3 is 10.1 Å². The summed E-state index contributed by atoms with van der Waals surface area (Å²) < 4.78 is 0. The number of nitrogens with one attached hydrogen (secondary N) is 1. The number of fused-ring (bicyclic) bond motifs is 1. The minimum absolute atomic E-state index is 0.0986. The van der Waals surface area contributed by atoms with E-state index in [1.807, 2.05) is 18.2 Å². The van der Waals surface area contributed by atoms with Crippen molar-refractivity contribution in [3.63, 3.8) is 0 Å². The smallest absolute Gasteiger partial charge is 0.354 e. The normalized spacial score (nSPS) is 15.7. The molecule has 0 aliphatic heterocycles. The number of carboxylic acid groups (broad SMARTS) is 1. The van der Waals surface area contributed by atoms with E-state index in [2.05, 4.69) is 29.0 Å². The minimum Gasteiger partial charge on any atom is -0.477 e. The van der Waals surface area contributed by atoms with E-state index >= 15 is 0 Å². The van der Waals surface area contributed by atoms with Gasteiger partial charge in [-0.15, -0.1) is 0 Å². The Morgan fingerprint density at radius 1 is 1.22 bits per heavy atom. The number of hydrogen-bond acceptors (Lipinski definition) is 2. The first-order chi connectivity index (χ1) is 11.1. The van der Waals surface area contributed by atoms with E-state index in [0.717, 1.165) is 11.2 Å². The summed E-state index contributed by atoms with van der Waals surface area (Å²) in [5.41, 5.74) is 4.78. The van der Waals surface area contributed by atoms with Crippen LogP contribution < -0.4 is 0 Å². The molecule has 4 rings (SSSR count). The van der Waals surface area contributed by atoms with E-state index in [4.69, 9.17) is 5.11 Å². The zero-order valence-corrected chi connectivity index (χ0v) is 13.0. The minimum atomic E-state index is -0.986. The SMILES string of the molecule is CC1(c2[nH]c3ccccc3c2Cc2cccc(C(=O)O)n2)CC1. The number of aromatic nitrogens is 2. The van der Waals surface area contributed by atoms with Crippen LogP contribution in [0.3, 0.4) is 0 Å². The number of H-pyrrole nitrogens is 1. The van der Waals surface area contributed by atoms with E-state index in [9.17, 15) is 4.79 Å². The van der Waals surface area contributed by atoms with Gasteiger partial charge in [0.2, 0.25) is 0 Å². The maximum absolute atomic E-state index is 11.1. The van der Waals surface area contributed by atoms with Crippen LogP contribution in [0.5, 0.6) is 0 Å². The number of aromatic amines is 1. The van der Waals surface area contributed by atoms with Crippen LogP contribution in [0.2, 0.25) is 0 Å². The average molecular weight is 306 g/mol. The summed E-state index contributed by atoms with van der Waals surface area (Å²) in [7, 11) is 0. The molecule has 0 saturated heterocycles. The molecule has 1 saturated carbocycles. The van der Waals surface area contributed by atoms with E-state index < -0.39 is 5.97 Å². The van der Waals surface area contributed by atoms with Crippen molar-refractivity contribution in [2.24, 2.45) is 0 Å². The molecule has 4 nitrogen and oxygen atoms in total. The lowest BCUT2D eigenvalue weighted by Crippen LogP contribution is -2.07. The number of carboxylic acids is 1. The second-order valence-electron chi connectivity index (χ2n) is 6.58. The van der Waals surface area contributed by atoms with Crippen LogP contribution in [0.4, 0.5) is 0 Å². The van der Waals surface area contributed by atoms with Gasteiger partial charge >= 0.3 is 5.97 Å².